The van der Waals surface area contributed by atoms with Gasteiger partial charge in [0.2, 0.25) is 5.95 Å². The van der Waals surface area contributed by atoms with Gasteiger partial charge in [0.05, 0.1) is 16.6 Å². The Balaban J connectivity index is 2.10. The lowest BCUT2D eigenvalue weighted by Crippen LogP contribution is -2.08. The smallest absolute Gasteiger partial charge is 0.222 e. The average molecular weight is 302 g/mol. The molecule has 114 valence electrons. The second kappa shape index (κ2) is 5.94. The van der Waals surface area contributed by atoms with Crippen LogP contribution in [0.5, 0.6) is 0 Å². The van der Waals surface area contributed by atoms with E-state index < -0.39 is 5.82 Å². The van der Waals surface area contributed by atoms with E-state index in [-0.39, 0.29) is 17.9 Å². The van der Waals surface area contributed by atoms with Crippen molar-refractivity contribution in [3.05, 3.63) is 30.2 Å². The first kappa shape index (κ1) is 14.2. The standard InChI is InChI=1S/C14H15FN6O/c15-9-6-8(10-2-4-18-21-10)7-11-12(9)13(17-3-1-5-22)20-14(16)19-11/h2,4,6-7,22H,1,3,5H2,(H,18,21)(H3,16,17,19,20). The quantitative estimate of drug-likeness (QED) is 0.532. The molecule has 0 amide bonds. The number of aliphatic hydroxyl groups excluding tert-OH is 1. The van der Waals surface area contributed by atoms with Gasteiger partial charge in [0.25, 0.3) is 0 Å². The summed E-state index contributed by atoms with van der Waals surface area (Å²) in [5, 5.41) is 18.8. The summed E-state index contributed by atoms with van der Waals surface area (Å²) < 4.78 is 14.5. The molecule has 0 unspecified atom stereocenters. The number of nitrogen functional groups attached to an aromatic ring is 1. The Morgan fingerprint density at radius 2 is 2.18 bits per heavy atom. The van der Waals surface area contributed by atoms with Crippen LogP contribution in [0.2, 0.25) is 0 Å². The van der Waals surface area contributed by atoms with E-state index in [9.17, 15) is 4.39 Å². The van der Waals surface area contributed by atoms with Crippen LogP contribution in [0.3, 0.4) is 0 Å². The zero-order chi connectivity index (χ0) is 15.5. The number of rotatable bonds is 5. The van der Waals surface area contributed by atoms with E-state index in [0.29, 0.717) is 35.6 Å². The van der Waals surface area contributed by atoms with Crippen molar-refractivity contribution in [2.24, 2.45) is 0 Å². The maximum Gasteiger partial charge on any atom is 0.222 e. The van der Waals surface area contributed by atoms with Crippen molar-refractivity contribution in [3.63, 3.8) is 0 Å². The largest absolute Gasteiger partial charge is 0.396 e. The lowest BCUT2D eigenvalue weighted by atomic mass is 10.1. The monoisotopic (exact) mass is 302 g/mol. The number of nitrogens with zero attached hydrogens (tertiary/aromatic N) is 3. The number of nitrogens with two attached hydrogens (primary N) is 1. The summed E-state index contributed by atoms with van der Waals surface area (Å²) in [7, 11) is 0. The molecule has 3 rings (SSSR count). The topological polar surface area (TPSA) is 113 Å². The summed E-state index contributed by atoms with van der Waals surface area (Å²) in [5.41, 5.74) is 7.31. The van der Waals surface area contributed by atoms with Crippen LogP contribution in [0.4, 0.5) is 16.2 Å². The number of aromatic amines is 1. The highest BCUT2D eigenvalue weighted by Gasteiger charge is 2.14. The van der Waals surface area contributed by atoms with Crippen molar-refractivity contribution in [3.8, 4) is 11.3 Å². The van der Waals surface area contributed by atoms with E-state index in [4.69, 9.17) is 10.8 Å². The number of aromatic nitrogens is 4. The Morgan fingerprint density at radius 3 is 2.91 bits per heavy atom. The Hall–Kier alpha value is -2.74. The van der Waals surface area contributed by atoms with Crippen LogP contribution >= 0.6 is 0 Å². The first-order valence-corrected chi connectivity index (χ1v) is 6.80. The minimum absolute atomic E-state index is 0.0390. The van der Waals surface area contributed by atoms with Gasteiger partial charge >= 0.3 is 0 Å². The van der Waals surface area contributed by atoms with Crippen molar-refractivity contribution >= 4 is 22.7 Å². The molecule has 0 saturated heterocycles. The van der Waals surface area contributed by atoms with E-state index >= 15 is 0 Å². The molecular weight excluding hydrogens is 287 g/mol. The second-order valence-electron chi connectivity index (χ2n) is 4.75. The summed E-state index contributed by atoms with van der Waals surface area (Å²) in [5.74, 6) is -0.0818. The SMILES string of the molecule is Nc1nc(NCCCO)c2c(F)cc(-c3cc[nH]n3)cc2n1. The van der Waals surface area contributed by atoms with Gasteiger partial charge in [-0.25, -0.2) is 9.37 Å². The fourth-order valence-electron chi connectivity index (χ4n) is 2.22. The molecule has 0 aliphatic rings. The Labute approximate surface area is 125 Å². The minimum Gasteiger partial charge on any atom is -0.396 e. The number of aliphatic hydroxyl groups is 1. The second-order valence-corrected chi connectivity index (χ2v) is 4.75. The number of benzene rings is 1. The number of nitrogens with one attached hydrogen (secondary N) is 2. The molecule has 3 aromatic rings. The molecular formula is C14H15FN6O. The Morgan fingerprint density at radius 1 is 1.32 bits per heavy atom. The normalized spacial score (nSPS) is 11.0. The average Bonchev–Trinajstić information content (AvgIpc) is 3.00. The number of anilines is 2. The maximum atomic E-state index is 14.5. The van der Waals surface area contributed by atoms with Crippen molar-refractivity contribution in [1.29, 1.82) is 0 Å². The van der Waals surface area contributed by atoms with Crippen LogP contribution in [-0.4, -0.2) is 38.4 Å². The van der Waals surface area contributed by atoms with Crippen molar-refractivity contribution in [2.45, 2.75) is 6.42 Å². The van der Waals surface area contributed by atoms with Crippen LogP contribution in [0.1, 0.15) is 6.42 Å². The van der Waals surface area contributed by atoms with Gasteiger partial charge < -0.3 is 16.2 Å². The molecule has 0 radical (unpaired) electrons. The molecule has 0 spiro atoms. The molecule has 2 aromatic heterocycles. The van der Waals surface area contributed by atoms with Gasteiger partial charge in [0, 0.05) is 24.9 Å². The Kier molecular flexibility index (Phi) is 3.84. The third-order valence-electron chi connectivity index (χ3n) is 3.19. The molecule has 1 aromatic carbocycles. The zero-order valence-electron chi connectivity index (χ0n) is 11.7. The molecule has 2 heterocycles. The molecule has 22 heavy (non-hydrogen) atoms. The van der Waals surface area contributed by atoms with Gasteiger partial charge in [-0.3, -0.25) is 5.10 Å². The third kappa shape index (κ3) is 2.68. The summed E-state index contributed by atoms with van der Waals surface area (Å²) in [6, 6.07) is 4.84. The van der Waals surface area contributed by atoms with Gasteiger partial charge in [-0.05, 0) is 24.6 Å². The number of hydrogen-bond donors (Lipinski definition) is 4. The van der Waals surface area contributed by atoms with E-state index in [1.54, 1.807) is 18.3 Å². The van der Waals surface area contributed by atoms with Gasteiger partial charge in [0.15, 0.2) is 0 Å². The van der Waals surface area contributed by atoms with Gasteiger partial charge in [-0.15, -0.1) is 0 Å². The van der Waals surface area contributed by atoms with E-state index in [0.717, 1.165) is 0 Å². The lowest BCUT2D eigenvalue weighted by molar-refractivity contribution is 0.292. The number of fused-ring (bicyclic) bond motifs is 1. The van der Waals surface area contributed by atoms with E-state index in [1.807, 2.05) is 0 Å². The highest BCUT2D eigenvalue weighted by molar-refractivity contribution is 5.93. The fraction of sp³-hybridized carbons (Fsp3) is 0.214. The summed E-state index contributed by atoms with van der Waals surface area (Å²) >= 11 is 0. The van der Waals surface area contributed by atoms with E-state index in [2.05, 4.69) is 25.5 Å². The molecule has 0 aliphatic heterocycles. The van der Waals surface area contributed by atoms with E-state index in [1.165, 1.54) is 6.07 Å². The molecule has 0 fully saturated rings. The highest BCUT2D eigenvalue weighted by Crippen LogP contribution is 2.29. The Bertz CT molecular complexity index is 790. The summed E-state index contributed by atoms with van der Waals surface area (Å²) in [4.78, 5) is 8.13. The van der Waals surface area contributed by atoms with Crippen LogP contribution in [0, 0.1) is 5.82 Å². The van der Waals surface area contributed by atoms with Gasteiger partial charge in [-0.2, -0.15) is 10.1 Å². The molecule has 5 N–H and O–H groups in total. The van der Waals surface area contributed by atoms with Crippen molar-refractivity contribution in [2.75, 3.05) is 24.2 Å². The van der Waals surface area contributed by atoms with Gasteiger partial charge in [-0.1, -0.05) is 0 Å². The molecule has 7 nitrogen and oxygen atoms in total. The highest BCUT2D eigenvalue weighted by atomic mass is 19.1. The van der Waals surface area contributed by atoms with Crippen molar-refractivity contribution < 1.29 is 9.50 Å². The summed E-state index contributed by atoms with van der Waals surface area (Å²) in [6.45, 7) is 0.500. The predicted octanol–water partition coefficient (Wildman–Crippen LogP) is 1.54. The van der Waals surface area contributed by atoms with Crippen LogP contribution < -0.4 is 11.1 Å². The number of H-pyrrole nitrogens is 1. The minimum atomic E-state index is -0.456. The molecule has 0 aliphatic carbocycles. The van der Waals surface area contributed by atoms with Gasteiger partial charge in [0.1, 0.15) is 11.6 Å². The first-order chi connectivity index (χ1) is 10.7. The van der Waals surface area contributed by atoms with Crippen LogP contribution in [0.25, 0.3) is 22.2 Å². The first-order valence-electron chi connectivity index (χ1n) is 6.80. The molecule has 0 saturated carbocycles. The molecule has 8 heteroatoms. The third-order valence-corrected chi connectivity index (χ3v) is 3.19. The van der Waals surface area contributed by atoms with Crippen LogP contribution in [0.15, 0.2) is 24.4 Å². The zero-order valence-corrected chi connectivity index (χ0v) is 11.7. The van der Waals surface area contributed by atoms with Crippen LogP contribution in [-0.2, 0) is 0 Å². The summed E-state index contributed by atoms with van der Waals surface area (Å²) in [6.07, 6.45) is 2.19. The number of hydrogen-bond acceptors (Lipinski definition) is 6. The van der Waals surface area contributed by atoms with Crippen molar-refractivity contribution in [1.82, 2.24) is 20.2 Å². The number of halogens is 1. The fourth-order valence-corrected chi connectivity index (χ4v) is 2.22. The molecule has 0 atom stereocenters. The molecule has 0 bridgehead atoms. The maximum absolute atomic E-state index is 14.5. The lowest BCUT2D eigenvalue weighted by Gasteiger charge is -2.10. The predicted molar refractivity (Wildman–Crippen MR) is 81.7 cm³/mol.